The Morgan fingerprint density at radius 2 is 2.08 bits per heavy atom. The van der Waals surface area contributed by atoms with E-state index in [9.17, 15) is 9.18 Å². The molecule has 1 aromatic heterocycles. The Kier molecular flexibility index (Phi) is 4.17. The molecule has 1 aliphatic heterocycles. The lowest BCUT2D eigenvalue weighted by Crippen LogP contribution is -2.34. The Labute approximate surface area is 153 Å². The molecule has 2 heterocycles. The van der Waals surface area contributed by atoms with E-state index in [0.717, 1.165) is 27.4 Å². The number of carbonyl (C=O) groups excluding carboxylic acids is 1. The third-order valence-electron chi connectivity index (χ3n) is 4.56. The highest BCUT2D eigenvalue weighted by Crippen LogP contribution is 2.30. The van der Waals surface area contributed by atoms with Gasteiger partial charge in [-0.2, -0.15) is 0 Å². The zero-order valence-electron chi connectivity index (χ0n) is 13.4. The lowest BCUT2D eigenvalue weighted by atomic mass is 9.98. The lowest BCUT2D eigenvalue weighted by molar-refractivity contribution is 0.0773. The van der Waals surface area contributed by atoms with Gasteiger partial charge in [0.2, 0.25) is 0 Å². The average molecular weight is 399 g/mol. The molecule has 2 aromatic carbocycles. The average Bonchev–Trinajstić information content (AvgIpc) is 3.04. The molecular formula is C20H16BrFN2O. The van der Waals surface area contributed by atoms with Crippen LogP contribution >= 0.6 is 15.9 Å². The summed E-state index contributed by atoms with van der Waals surface area (Å²) in [4.78, 5) is 17.6. The van der Waals surface area contributed by atoms with Gasteiger partial charge in [-0.3, -0.25) is 4.79 Å². The smallest absolute Gasteiger partial charge is 0.254 e. The maximum Gasteiger partial charge on any atom is 0.254 e. The summed E-state index contributed by atoms with van der Waals surface area (Å²) in [7, 11) is 0. The summed E-state index contributed by atoms with van der Waals surface area (Å²) < 4.78 is 14.2. The number of benzene rings is 2. The van der Waals surface area contributed by atoms with Crippen molar-refractivity contribution in [3.63, 3.8) is 0 Å². The van der Waals surface area contributed by atoms with Gasteiger partial charge in [-0.25, -0.2) is 4.39 Å². The van der Waals surface area contributed by atoms with Crippen LogP contribution in [0.2, 0.25) is 0 Å². The number of aromatic nitrogens is 1. The number of rotatable bonds is 2. The van der Waals surface area contributed by atoms with Crippen molar-refractivity contribution in [2.45, 2.75) is 6.42 Å². The van der Waals surface area contributed by atoms with Gasteiger partial charge in [0.1, 0.15) is 5.82 Å². The molecule has 0 saturated heterocycles. The van der Waals surface area contributed by atoms with Crippen molar-refractivity contribution < 1.29 is 9.18 Å². The molecule has 5 heteroatoms. The molecule has 0 aliphatic carbocycles. The van der Waals surface area contributed by atoms with Crippen LogP contribution in [0.25, 0.3) is 16.5 Å². The molecule has 3 aromatic rings. The first-order valence-corrected chi connectivity index (χ1v) is 8.92. The summed E-state index contributed by atoms with van der Waals surface area (Å²) >= 11 is 3.41. The molecule has 3 nitrogen and oxygen atoms in total. The molecule has 1 amide bonds. The summed E-state index contributed by atoms with van der Waals surface area (Å²) in [5.74, 6) is -0.207. The van der Waals surface area contributed by atoms with Gasteiger partial charge in [-0.1, -0.05) is 28.1 Å². The fourth-order valence-electron chi connectivity index (χ4n) is 3.27. The van der Waals surface area contributed by atoms with Crippen LogP contribution < -0.4 is 0 Å². The number of fused-ring (bicyclic) bond motifs is 1. The third-order valence-corrected chi connectivity index (χ3v) is 5.05. The minimum Gasteiger partial charge on any atom is -0.360 e. The first kappa shape index (κ1) is 16.1. The van der Waals surface area contributed by atoms with Crippen LogP contribution in [-0.2, 0) is 0 Å². The SMILES string of the molecule is O=C(c1cccc(Br)c1)N1CC=C(c2c[nH]c3cc(F)ccc23)CC1. The highest BCUT2D eigenvalue weighted by atomic mass is 79.9. The van der Waals surface area contributed by atoms with Crippen LogP contribution in [0.4, 0.5) is 4.39 Å². The molecule has 0 atom stereocenters. The molecule has 0 bridgehead atoms. The Balaban J connectivity index is 1.56. The van der Waals surface area contributed by atoms with E-state index < -0.39 is 0 Å². The molecule has 0 saturated carbocycles. The Bertz CT molecular complexity index is 992. The Hall–Kier alpha value is -2.40. The summed E-state index contributed by atoms with van der Waals surface area (Å²) in [6.45, 7) is 1.25. The van der Waals surface area contributed by atoms with Crippen LogP contribution in [0.5, 0.6) is 0 Å². The van der Waals surface area contributed by atoms with Crippen molar-refractivity contribution in [1.29, 1.82) is 0 Å². The number of nitrogens with zero attached hydrogens (tertiary/aromatic N) is 1. The topological polar surface area (TPSA) is 36.1 Å². The van der Waals surface area contributed by atoms with Crippen molar-refractivity contribution >= 4 is 38.3 Å². The second-order valence-corrected chi connectivity index (χ2v) is 7.05. The monoisotopic (exact) mass is 398 g/mol. The lowest BCUT2D eigenvalue weighted by Gasteiger charge is -2.26. The van der Waals surface area contributed by atoms with E-state index in [0.29, 0.717) is 18.7 Å². The molecule has 126 valence electrons. The number of nitrogens with one attached hydrogen (secondary N) is 1. The molecule has 0 unspecified atom stereocenters. The van der Waals surface area contributed by atoms with Gasteiger partial charge >= 0.3 is 0 Å². The summed E-state index contributed by atoms with van der Waals surface area (Å²) in [6, 6.07) is 12.2. The minimum atomic E-state index is -0.246. The number of amides is 1. The van der Waals surface area contributed by atoms with E-state index in [-0.39, 0.29) is 11.7 Å². The summed E-state index contributed by atoms with van der Waals surface area (Å²) in [6.07, 6.45) is 4.79. The predicted octanol–water partition coefficient (Wildman–Crippen LogP) is 5.00. The second-order valence-electron chi connectivity index (χ2n) is 6.13. The highest BCUT2D eigenvalue weighted by Gasteiger charge is 2.20. The van der Waals surface area contributed by atoms with E-state index in [1.807, 2.05) is 35.4 Å². The quantitative estimate of drug-likeness (QED) is 0.647. The van der Waals surface area contributed by atoms with Gasteiger partial charge in [0.05, 0.1) is 0 Å². The molecule has 0 spiro atoms. The largest absolute Gasteiger partial charge is 0.360 e. The molecule has 4 rings (SSSR count). The number of H-pyrrole nitrogens is 1. The molecular weight excluding hydrogens is 383 g/mol. The first-order valence-electron chi connectivity index (χ1n) is 8.13. The van der Waals surface area contributed by atoms with Gasteiger partial charge < -0.3 is 9.88 Å². The van der Waals surface area contributed by atoms with Crippen molar-refractivity contribution in [3.05, 3.63) is 76.2 Å². The first-order chi connectivity index (χ1) is 12.1. The number of carbonyl (C=O) groups is 1. The van der Waals surface area contributed by atoms with Crippen molar-refractivity contribution in [2.75, 3.05) is 13.1 Å². The van der Waals surface area contributed by atoms with Crippen LogP contribution in [0, 0.1) is 5.82 Å². The van der Waals surface area contributed by atoms with Gasteiger partial charge in [0.25, 0.3) is 5.91 Å². The van der Waals surface area contributed by atoms with E-state index in [2.05, 4.69) is 27.0 Å². The van der Waals surface area contributed by atoms with Crippen LogP contribution in [0.15, 0.2) is 59.2 Å². The van der Waals surface area contributed by atoms with Gasteiger partial charge in [-0.05, 0) is 48.4 Å². The van der Waals surface area contributed by atoms with E-state index in [4.69, 9.17) is 0 Å². The molecule has 0 radical (unpaired) electrons. The van der Waals surface area contributed by atoms with E-state index in [1.54, 1.807) is 6.07 Å². The van der Waals surface area contributed by atoms with Crippen molar-refractivity contribution in [2.24, 2.45) is 0 Å². The minimum absolute atomic E-state index is 0.0394. The standard InChI is InChI=1S/C20H16BrFN2O/c21-15-3-1-2-14(10-15)20(25)24-8-6-13(7-9-24)18-12-23-19-11-16(22)4-5-17(18)19/h1-6,10-12,23H,7-9H2. The van der Waals surface area contributed by atoms with Crippen LogP contribution in [0.3, 0.4) is 0 Å². The fourth-order valence-corrected chi connectivity index (χ4v) is 3.67. The summed E-state index contributed by atoms with van der Waals surface area (Å²) in [5.41, 5.74) is 3.76. The van der Waals surface area contributed by atoms with Gasteiger partial charge in [0, 0.05) is 45.8 Å². The predicted molar refractivity (Wildman–Crippen MR) is 101 cm³/mol. The number of hydrogen-bond donors (Lipinski definition) is 1. The normalized spacial score (nSPS) is 14.6. The Morgan fingerprint density at radius 1 is 1.20 bits per heavy atom. The number of hydrogen-bond acceptors (Lipinski definition) is 1. The maximum absolute atomic E-state index is 13.3. The fraction of sp³-hybridized carbons (Fsp3) is 0.150. The third kappa shape index (κ3) is 3.12. The van der Waals surface area contributed by atoms with E-state index in [1.165, 1.54) is 17.7 Å². The molecule has 25 heavy (non-hydrogen) atoms. The molecule has 1 N–H and O–H groups in total. The molecule has 1 aliphatic rings. The zero-order chi connectivity index (χ0) is 17.4. The van der Waals surface area contributed by atoms with Crippen molar-refractivity contribution in [1.82, 2.24) is 9.88 Å². The second kappa shape index (κ2) is 6.48. The highest BCUT2D eigenvalue weighted by molar-refractivity contribution is 9.10. The maximum atomic E-state index is 13.3. The summed E-state index contributed by atoms with van der Waals surface area (Å²) in [5, 5.41) is 1.01. The van der Waals surface area contributed by atoms with Crippen LogP contribution in [0.1, 0.15) is 22.3 Å². The zero-order valence-corrected chi connectivity index (χ0v) is 15.0. The van der Waals surface area contributed by atoms with Gasteiger partial charge in [0.15, 0.2) is 0 Å². The number of aromatic amines is 1. The Morgan fingerprint density at radius 3 is 2.84 bits per heavy atom. The molecule has 0 fully saturated rings. The van der Waals surface area contributed by atoms with Gasteiger partial charge in [-0.15, -0.1) is 0 Å². The van der Waals surface area contributed by atoms with Crippen LogP contribution in [-0.4, -0.2) is 28.9 Å². The van der Waals surface area contributed by atoms with Crippen molar-refractivity contribution in [3.8, 4) is 0 Å². The number of halogens is 2. The van der Waals surface area contributed by atoms with E-state index >= 15 is 0 Å².